The average Bonchev–Trinajstić information content (AvgIpc) is 2.60. The molecule has 1 aromatic rings. The van der Waals surface area contributed by atoms with Gasteiger partial charge in [0.1, 0.15) is 0 Å². The first kappa shape index (κ1) is 18.8. The Hall–Kier alpha value is -3.03. The SMILES string of the molecule is CC1(C)OC(=O)C(=CNc2ccc(N3CCC(C(=O)O)CC3)cc2)C(=O)O1. The Balaban J connectivity index is 1.61. The number of rotatable bonds is 4. The van der Waals surface area contributed by atoms with Crippen LogP contribution in [0.2, 0.25) is 0 Å². The summed E-state index contributed by atoms with van der Waals surface area (Å²) in [5.74, 6) is -3.73. The Morgan fingerprint density at radius 2 is 1.70 bits per heavy atom. The monoisotopic (exact) mass is 374 g/mol. The lowest BCUT2D eigenvalue weighted by molar-refractivity contribution is -0.222. The van der Waals surface area contributed by atoms with Crippen molar-refractivity contribution in [3.8, 4) is 0 Å². The lowest BCUT2D eigenvalue weighted by atomic mass is 9.97. The quantitative estimate of drug-likeness (QED) is 0.469. The van der Waals surface area contributed by atoms with E-state index in [-0.39, 0.29) is 11.5 Å². The molecule has 0 radical (unpaired) electrons. The Bertz CT molecular complexity index is 754. The number of hydrogen-bond acceptors (Lipinski definition) is 7. The number of carboxylic acids is 1. The highest BCUT2D eigenvalue weighted by Crippen LogP contribution is 2.26. The molecule has 2 heterocycles. The van der Waals surface area contributed by atoms with Crippen LogP contribution in [0, 0.1) is 5.92 Å². The van der Waals surface area contributed by atoms with Gasteiger partial charge in [0.15, 0.2) is 5.57 Å². The molecule has 27 heavy (non-hydrogen) atoms. The number of cyclic esters (lactones) is 2. The van der Waals surface area contributed by atoms with E-state index >= 15 is 0 Å². The third-order valence-electron chi connectivity index (χ3n) is 4.58. The van der Waals surface area contributed by atoms with Gasteiger partial charge in [0.05, 0.1) is 5.92 Å². The molecule has 0 amide bonds. The predicted octanol–water partition coefficient (Wildman–Crippen LogP) is 2.12. The summed E-state index contributed by atoms with van der Waals surface area (Å²) in [4.78, 5) is 37.0. The number of carbonyl (C=O) groups excluding carboxylic acids is 2. The fourth-order valence-corrected chi connectivity index (χ4v) is 3.09. The van der Waals surface area contributed by atoms with E-state index < -0.39 is 23.7 Å². The number of carboxylic acid groups (broad SMARTS) is 1. The second kappa shape index (κ2) is 7.30. The molecule has 2 fully saturated rings. The molecule has 8 nitrogen and oxygen atoms in total. The molecule has 1 aromatic carbocycles. The van der Waals surface area contributed by atoms with Gasteiger partial charge in [0.2, 0.25) is 0 Å². The van der Waals surface area contributed by atoms with E-state index in [0.717, 1.165) is 5.69 Å². The highest BCUT2D eigenvalue weighted by atomic mass is 16.7. The van der Waals surface area contributed by atoms with Crippen LogP contribution in [0.4, 0.5) is 11.4 Å². The van der Waals surface area contributed by atoms with Crippen molar-refractivity contribution in [3.05, 3.63) is 36.0 Å². The van der Waals surface area contributed by atoms with Crippen molar-refractivity contribution in [1.82, 2.24) is 0 Å². The van der Waals surface area contributed by atoms with Crippen LogP contribution in [0.25, 0.3) is 0 Å². The second-order valence-electron chi connectivity index (χ2n) is 7.03. The molecule has 2 aliphatic rings. The third kappa shape index (κ3) is 4.39. The minimum Gasteiger partial charge on any atom is -0.481 e. The van der Waals surface area contributed by atoms with Crippen molar-refractivity contribution in [2.24, 2.45) is 5.92 Å². The molecule has 0 aliphatic carbocycles. The van der Waals surface area contributed by atoms with Crippen LogP contribution < -0.4 is 10.2 Å². The van der Waals surface area contributed by atoms with Gasteiger partial charge in [-0.3, -0.25) is 4.79 Å². The molecule has 8 heteroatoms. The van der Waals surface area contributed by atoms with Crippen LogP contribution >= 0.6 is 0 Å². The van der Waals surface area contributed by atoms with Crippen molar-refractivity contribution in [3.63, 3.8) is 0 Å². The van der Waals surface area contributed by atoms with Gasteiger partial charge in [-0.05, 0) is 37.1 Å². The van der Waals surface area contributed by atoms with E-state index in [9.17, 15) is 14.4 Å². The minimum atomic E-state index is -1.26. The summed E-state index contributed by atoms with van der Waals surface area (Å²) in [5, 5.41) is 12.0. The van der Waals surface area contributed by atoms with E-state index in [4.69, 9.17) is 14.6 Å². The highest BCUT2D eigenvalue weighted by Gasteiger charge is 2.38. The summed E-state index contributed by atoms with van der Waals surface area (Å²) in [6.07, 6.45) is 2.53. The topological polar surface area (TPSA) is 105 Å². The fraction of sp³-hybridized carbons (Fsp3) is 0.421. The Morgan fingerprint density at radius 1 is 1.15 bits per heavy atom. The van der Waals surface area contributed by atoms with Gasteiger partial charge in [0.25, 0.3) is 5.79 Å². The molecule has 0 unspecified atom stereocenters. The third-order valence-corrected chi connectivity index (χ3v) is 4.58. The van der Waals surface area contributed by atoms with E-state index in [1.165, 1.54) is 20.0 Å². The summed E-state index contributed by atoms with van der Waals surface area (Å²) in [6, 6.07) is 7.45. The summed E-state index contributed by atoms with van der Waals surface area (Å²) < 4.78 is 10.1. The zero-order valence-electron chi connectivity index (χ0n) is 15.2. The van der Waals surface area contributed by atoms with E-state index in [1.807, 2.05) is 24.3 Å². The number of nitrogens with zero attached hydrogens (tertiary/aromatic N) is 1. The van der Waals surface area contributed by atoms with Crippen LogP contribution in [0.3, 0.4) is 0 Å². The number of carbonyl (C=O) groups is 3. The lowest BCUT2D eigenvalue weighted by Gasteiger charge is -2.32. The molecule has 2 aliphatic heterocycles. The first-order valence-electron chi connectivity index (χ1n) is 8.76. The first-order valence-corrected chi connectivity index (χ1v) is 8.76. The molecular weight excluding hydrogens is 352 g/mol. The molecule has 3 rings (SSSR count). The highest BCUT2D eigenvalue weighted by molar-refractivity contribution is 6.15. The second-order valence-corrected chi connectivity index (χ2v) is 7.03. The average molecular weight is 374 g/mol. The maximum atomic E-state index is 11.9. The Kier molecular flexibility index (Phi) is 5.07. The van der Waals surface area contributed by atoms with Crippen molar-refractivity contribution in [1.29, 1.82) is 0 Å². The molecule has 0 spiro atoms. The number of hydrogen-bond donors (Lipinski definition) is 2. The van der Waals surface area contributed by atoms with Crippen molar-refractivity contribution < 1.29 is 29.0 Å². The van der Waals surface area contributed by atoms with Gasteiger partial charge in [-0.1, -0.05) is 0 Å². The summed E-state index contributed by atoms with van der Waals surface area (Å²) >= 11 is 0. The van der Waals surface area contributed by atoms with Gasteiger partial charge < -0.3 is 24.8 Å². The predicted molar refractivity (Wildman–Crippen MR) is 97.0 cm³/mol. The zero-order valence-corrected chi connectivity index (χ0v) is 15.2. The van der Waals surface area contributed by atoms with Gasteiger partial charge >= 0.3 is 17.9 Å². The molecular formula is C19H22N2O6. The molecule has 0 aromatic heterocycles. The van der Waals surface area contributed by atoms with Crippen molar-refractivity contribution >= 4 is 29.3 Å². The maximum absolute atomic E-state index is 11.9. The van der Waals surface area contributed by atoms with Crippen LogP contribution in [0.1, 0.15) is 26.7 Å². The molecule has 0 bridgehead atoms. The standard InChI is InChI=1S/C19H22N2O6/c1-19(2)26-17(24)15(18(25)27-19)11-20-13-3-5-14(6-4-13)21-9-7-12(8-10-21)16(22)23/h3-6,11-12,20H,7-10H2,1-2H3,(H,22,23). The van der Waals surface area contributed by atoms with Gasteiger partial charge in [-0.15, -0.1) is 0 Å². The Morgan fingerprint density at radius 3 is 2.22 bits per heavy atom. The minimum absolute atomic E-state index is 0.200. The van der Waals surface area contributed by atoms with Crippen LogP contribution in [-0.2, 0) is 23.9 Å². The molecule has 2 N–H and O–H groups in total. The molecule has 0 saturated carbocycles. The number of nitrogens with one attached hydrogen (secondary N) is 1. The normalized spacial score (nSPS) is 19.9. The molecule has 144 valence electrons. The smallest absolute Gasteiger partial charge is 0.350 e. The lowest BCUT2D eigenvalue weighted by Crippen LogP contribution is -2.42. The van der Waals surface area contributed by atoms with Crippen molar-refractivity contribution in [2.75, 3.05) is 23.3 Å². The number of ether oxygens (including phenoxy) is 2. The fourth-order valence-electron chi connectivity index (χ4n) is 3.09. The largest absolute Gasteiger partial charge is 0.481 e. The summed E-state index contributed by atoms with van der Waals surface area (Å²) in [7, 11) is 0. The van der Waals surface area contributed by atoms with Gasteiger partial charge in [-0.2, -0.15) is 0 Å². The molecule has 0 atom stereocenters. The molecule has 2 saturated heterocycles. The first-order chi connectivity index (χ1) is 12.7. The maximum Gasteiger partial charge on any atom is 0.350 e. The number of aliphatic carboxylic acids is 1. The number of benzene rings is 1. The Labute approximate surface area is 156 Å². The van der Waals surface area contributed by atoms with Gasteiger partial charge in [0, 0.05) is 44.5 Å². The van der Waals surface area contributed by atoms with Crippen LogP contribution in [-0.4, -0.2) is 41.9 Å². The summed E-state index contributed by atoms with van der Waals surface area (Å²) in [5.41, 5.74) is 1.49. The van der Waals surface area contributed by atoms with Crippen LogP contribution in [0.5, 0.6) is 0 Å². The number of anilines is 2. The number of esters is 2. The van der Waals surface area contributed by atoms with E-state index in [2.05, 4.69) is 10.2 Å². The zero-order chi connectivity index (χ0) is 19.6. The van der Waals surface area contributed by atoms with E-state index in [0.29, 0.717) is 31.6 Å². The van der Waals surface area contributed by atoms with Crippen molar-refractivity contribution in [2.45, 2.75) is 32.5 Å². The summed E-state index contributed by atoms with van der Waals surface area (Å²) in [6.45, 7) is 4.37. The van der Waals surface area contributed by atoms with E-state index in [1.54, 1.807) is 0 Å². The number of piperidine rings is 1. The van der Waals surface area contributed by atoms with Crippen LogP contribution in [0.15, 0.2) is 36.0 Å². The van der Waals surface area contributed by atoms with Gasteiger partial charge in [-0.25, -0.2) is 9.59 Å².